The molecule has 0 radical (unpaired) electrons. The molecule has 1 heterocycles. The first-order valence-corrected chi connectivity index (χ1v) is 5.06. The molecular formula is C11H15NO2. The predicted molar refractivity (Wildman–Crippen MR) is 52.3 cm³/mol. The van der Waals surface area contributed by atoms with Crippen LogP contribution in [0.25, 0.3) is 0 Å². The van der Waals surface area contributed by atoms with Gasteiger partial charge < -0.3 is 4.74 Å². The van der Waals surface area contributed by atoms with Crippen LogP contribution in [0.2, 0.25) is 0 Å². The summed E-state index contributed by atoms with van der Waals surface area (Å²) in [4.78, 5) is 11.2. The van der Waals surface area contributed by atoms with E-state index in [9.17, 15) is 4.79 Å². The highest BCUT2D eigenvalue weighted by atomic mass is 16.5. The number of rotatable bonds is 5. The number of ether oxygens (including phenoxy) is 1. The van der Waals surface area contributed by atoms with Crippen LogP contribution in [0.4, 0.5) is 0 Å². The van der Waals surface area contributed by atoms with E-state index in [1.54, 1.807) is 6.08 Å². The Morgan fingerprint density at radius 2 is 2.43 bits per heavy atom. The monoisotopic (exact) mass is 193 g/mol. The van der Waals surface area contributed by atoms with Crippen molar-refractivity contribution in [3.63, 3.8) is 0 Å². The minimum atomic E-state index is -0.312. The number of nitrogens with zero attached hydrogens (tertiary/aromatic N) is 1. The summed E-state index contributed by atoms with van der Waals surface area (Å²) >= 11 is 0. The van der Waals surface area contributed by atoms with Gasteiger partial charge in [0.05, 0.1) is 17.6 Å². The second-order valence-corrected chi connectivity index (χ2v) is 3.44. The van der Waals surface area contributed by atoms with E-state index in [0.29, 0.717) is 12.2 Å². The third-order valence-electron chi connectivity index (χ3n) is 2.38. The van der Waals surface area contributed by atoms with Crippen LogP contribution >= 0.6 is 0 Å². The van der Waals surface area contributed by atoms with Gasteiger partial charge in [-0.1, -0.05) is 26.2 Å². The lowest BCUT2D eigenvalue weighted by atomic mass is 9.95. The number of carbonyl (C=O) groups is 1. The van der Waals surface area contributed by atoms with Gasteiger partial charge in [0, 0.05) is 0 Å². The molecule has 76 valence electrons. The average Bonchev–Trinajstić information content (AvgIpc) is 2.60. The van der Waals surface area contributed by atoms with Gasteiger partial charge >= 0.3 is 5.97 Å². The fourth-order valence-electron chi connectivity index (χ4n) is 1.55. The number of hydrogen-bond donors (Lipinski definition) is 0. The Labute approximate surface area is 84.4 Å². The molecule has 0 aromatic rings. The highest BCUT2D eigenvalue weighted by Crippen LogP contribution is 2.22. The molecule has 0 N–H and O–H groups in total. The normalized spacial score (nSPS) is 17.1. The van der Waals surface area contributed by atoms with Gasteiger partial charge in [0.2, 0.25) is 0 Å². The maximum absolute atomic E-state index is 11.2. The molecule has 0 spiro atoms. The van der Waals surface area contributed by atoms with Gasteiger partial charge in [0.25, 0.3) is 0 Å². The second kappa shape index (κ2) is 5.43. The summed E-state index contributed by atoms with van der Waals surface area (Å²) in [6, 6.07) is 2.16. The first-order chi connectivity index (χ1) is 6.79. The fraction of sp³-hybridized carbons (Fsp3) is 0.636. The Morgan fingerprint density at radius 3 is 2.93 bits per heavy atom. The molecular weight excluding hydrogens is 178 g/mol. The smallest absolute Gasteiger partial charge is 0.335 e. The van der Waals surface area contributed by atoms with Crippen molar-refractivity contribution in [2.24, 2.45) is 5.92 Å². The fourth-order valence-corrected chi connectivity index (χ4v) is 1.55. The summed E-state index contributed by atoms with van der Waals surface area (Å²) in [6.07, 6.45) is 5.73. The van der Waals surface area contributed by atoms with Crippen LogP contribution in [0.3, 0.4) is 0 Å². The number of carbonyl (C=O) groups excluding carboxylic acids is 1. The minimum Gasteiger partial charge on any atom is -0.458 e. The first-order valence-electron chi connectivity index (χ1n) is 5.06. The number of hydrogen-bond acceptors (Lipinski definition) is 3. The van der Waals surface area contributed by atoms with Crippen molar-refractivity contribution in [3.8, 4) is 6.07 Å². The van der Waals surface area contributed by atoms with E-state index in [0.717, 1.165) is 25.7 Å². The standard InChI is InChI=1S/C11H15NO2/c1-2-3-4-5-9(8-12)10-6-7-14-11(10)13/h6,9H,2-5,7H2,1H3. The van der Waals surface area contributed by atoms with Crippen molar-refractivity contribution in [1.29, 1.82) is 5.26 Å². The van der Waals surface area contributed by atoms with E-state index in [2.05, 4.69) is 13.0 Å². The van der Waals surface area contributed by atoms with Gasteiger partial charge in [-0.15, -0.1) is 0 Å². The number of esters is 1. The summed E-state index contributed by atoms with van der Waals surface area (Å²) < 4.78 is 4.77. The van der Waals surface area contributed by atoms with Crippen molar-refractivity contribution in [3.05, 3.63) is 11.6 Å². The van der Waals surface area contributed by atoms with Crippen LogP contribution in [-0.4, -0.2) is 12.6 Å². The molecule has 1 aliphatic rings. The van der Waals surface area contributed by atoms with Crippen LogP contribution < -0.4 is 0 Å². The quantitative estimate of drug-likeness (QED) is 0.496. The molecule has 1 rings (SSSR count). The van der Waals surface area contributed by atoms with Gasteiger partial charge in [-0.25, -0.2) is 4.79 Å². The van der Waals surface area contributed by atoms with Crippen molar-refractivity contribution >= 4 is 5.97 Å². The molecule has 0 saturated carbocycles. The van der Waals surface area contributed by atoms with Gasteiger partial charge in [-0.2, -0.15) is 5.26 Å². The zero-order valence-electron chi connectivity index (χ0n) is 8.45. The van der Waals surface area contributed by atoms with Gasteiger partial charge in [-0.3, -0.25) is 0 Å². The SMILES string of the molecule is CCCCCC(C#N)C1=CCOC1=O. The predicted octanol–water partition coefficient (Wildman–Crippen LogP) is 2.19. The van der Waals surface area contributed by atoms with E-state index < -0.39 is 0 Å². The van der Waals surface area contributed by atoms with Crippen molar-refractivity contribution in [1.82, 2.24) is 0 Å². The van der Waals surface area contributed by atoms with Crippen LogP contribution in [-0.2, 0) is 9.53 Å². The Morgan fingerprint density at radius 1 is 1.64 bits per heavy atom. The molecule has 0 saturated heterocycles. The molecule has 1 unspecified atom stereocenters. The third-order valence-corrected chi connectivity index (χ3v) is 2.38. The topological polar surface area (TPSA) is 50.1 Å². The number of cyclic esters (lactones) is 1. The maximum Gasteiger partial charge on any atom is 0.335 e. The lowest BCUT2D eigenvalue weighted by Crippen LogP contribution is -2.09. The van der Waals surface area contributed by atoms with Crippen LogP contribution in [0.5, 0.6) is 0 Å². The second-order valence-electron chi connectivity index (χ2n) is 3.44. The number of nitriles is 1. The van der Waals surface area contributed by atoms with Gasteiger partial charge in [0.1, 0.15) is 6.61 Å². The van der Waals surface area contributed by atoms with Crippen molar-refractivity contribution < 1.29 is 9.53 Å². The lowest BCUT2D eigenvalue weighted by Gasteiger charge is -2.06. The largest absolute Gasteiger partial charge is 0.458 e. The Hall–Kier alpha value is -1.30. The van der Waals surface area contributed by atoms with E-state index >= 15 is 0 Å². The Kier molecular flexibility index (Phi) is 4.18. The third kappa shape index (κ3) is 2.59. The van der Waals surface area contributed by atoms with Crippen molar-refractivity contribution in [2.75, 3.05) is 6.61 Å². The molecule has 0 fully saturated rings. The molecule has 1 atom stereocenters. The highest BCUT2D eigenvalue weighted by Gasteiger charge is 2.25. The van der Waals surface area contributed by atoms with Crippen LogP contribution in [0.15, 0.2) is 11.6 Å². The molecule has 0 aliphatic carbocycles. The average molecular weight is 193 g/mol. The zero-order chi connectivity index (χ0) is 10.4. The van der Waals surface area contributed by atoms with E-state index in [4.69, 9.17) is 10.00 Å². The van der Waals surface area contributed by atoms with E-state index in [1.165, 1.54) is 0 Å². The van der Waals surface area contributed by atoms with Crippen molar-refractivity contribution in [2.45, 2.75) is 32.6 Å². The Bertz CT molecular complexity index is 276. The molecule has 14 heavy (non-hydrogen) atoms. The lowest BCUT2D eigenvalue weighted by molar-refractivity contribution is -0.136. The first kappa shape index (κ1) is 10.8. The summed E-state index contributed by atoms with van der Waals surface area (Å²) in [5.74, 6) is -0.579. The molecule has 3 heteroatoms. The molecule has 0 bridgehead atoms. The molecule has 0 aromatic carbocycles. The molecule has 0 amide bonds. The molecule has 1 aliphatic heterocycles. The highest BCUT2D eigenvalue weighted by molar-refractivity contribution is 5.91. The molecule has 0 aromatic heterocycles. The summed E-state index contributed by atoms with van der Waals surface area (Å²) in [5.41, 5.74) is 0.559. The molecule has 3 nitrogen and oxygen atoms in total. The van der Waals surface area contributed by atoms with Crippen LogP contribution in [0.1, 0.15) is 32.6 Å². The van der Waals surface area contributed by atoms with Gasteiger partial charge in [0.15, 0.2) is 0 Å². The van der Waals surface area contributed by atoms with Crippen LogP contribution in [0, 0.1) is 17.2 Å². The summed E-state index contributed by atoms with van der Waals surface area (Å²) in [5, 5.41) is 8.90. The maximum atomic E-state index is 11.2. The number of unbranched alkanes of at least 4 members (excludes halogenated alkanes) is 2. The van der Waals surface area contributed by atoms with Gasteiger partial charge in [-0.05, 0) is 12.5 Å². The van der Waals surface area contributed by atoms with E-state index in [-0.39, 0.29) is 11.9 Å². The summed E-state index contributed by atoms with van der Waals surface area (Å²) in [7, 11) is 0. The summed E-state index contributed by atoms with van der Waals surface area (Å²) in [6.45, 7) is 2.45. The Balaban J connectivity index is 2.46. The minimum absolute atomic E-state index is 0.267. The zero-order valence-corrected chi connectivity index (χ0v) is 8.45. The van der Waals surface area contributed by atoms with E-state index in [1.807, 2.05) is 0 Å².